The van der Waals surface area contributed by atoms with Gasteiger partial charge in [0.15, 0.2) is 5.82 Å². The van der Waals surface area contributed by atoms with Crippen LogP contribution in [-0.2, 0) is 0 Å². The Bertz CT molecular complexity index is 746. The topological polar surface area (TPSA) is 80.5 Å². The molecule has 1 saturated carbocycles. The quantitative estimate of drug-likeness (QED) is 0.910. The highest BCUT2D eigenvalue weighted by Crippen LogP contribution is 2.24. The molecule has 1 aromatic heterocycles. The van der Waals surface area contributed by atoms with Crippen LogP contribution in [0.1, 0.15) is 37.9 Å². The molecule has 0 atom stereocenters. The molecule has 26 heavy (non-hydrogen) atoms. The van der Waals surface area contributed by atoms with Crippen molar-refractivity contribution in [2.45, 2.75) is 51.2 Å². The number of likely N-dealkylation sites (tertiary alicyclic amines) is 1. The van der Waals surface area contributed by atoms with Crippen molar-refractivity contribution in [3.63, 3.8) is 0 Å². The Morgan fingerprint density at radius 3 is 2.58 bits per heavy atom. The van der Waals surface area contributed by atoms with Crippen molar-refractivity contribution in [3.05, 3.63) is 30.1 Å². The summed E-state index contributed by atoms with van der Waals surface area (Å²) in [5.74, 6) is 1.90. The lowest BCUT2D eigenvalue weighted by Gasteiger charge is -2.40. The normalized spacial score (nSPS) is 18.4. The van der Waals surface area contributed by atoms with Gasteiger partial charge in [-0.1, -0.05) is 24.4 Å². The largest absolute Gasteiger partial charge is 0.487 e. The Kier molecular flexibility index (Phi) is 4.77. The lowest BCUT2D eigenvalue weighted by molar-refractivity contribution is 0.0429. The lowest BCUT2D eigenvalue weighted by Crippen LogP contribution is -2.60. The summed E-state index contributed by atoms with van der Waals surface area (Å²) < 4.78 is 11.1. The van der Waals surface area contributed by atoms with Crippen molar-refractivity contribution >= 4 is 6.03 Å². The van der Waals surface area contributed by atoms with E-state index in [1.54, 1.807) is 6.92 Å². The van der Waals surface area contributed by atoms with Crippen molar-refractivity contribution in [1.82, 2.24) is 20.4 Å². The fourth-order valence-corrected chi connectivity index (χ4v) is 3.47. The summed E-state index contributed by atoms with van der Waals surface area (Å²) in [6, 6.07) is 7.96. The van der Waals surface area contributed by atoms with Gasteiger partial charge < -0.3 is 19.5 Å². The van der Waals surface area contributed by atoms with E-state index < -0.39 is 0 Å². The fraction of sp³-hybridized carbons (Fsp3) is 0.526. The molecule has 2 fully saturated rings. The second kappa shape index (κ2) is 7.35. The number of carbonyl (C=O) groups excluding carboxylic acids is 1. The molecule has 1 aromatic carbocycles. The summed E-state index contributed by atoms with van der Waals surface area (Å²) in [5, 5.41) is 6.93. The van der Waals surface area contributed by atoms with Crippen molar-refractivity contribution in [3.8, 4) is 17.2 Å². The molecule has 1 aliphatic carbocycles. The average molecular weight is 356 g/mol. The standard InChI is InChI=1S/C19H24N4O3/c1-13-20-18(26-22-13)14-7-9-16(10-8-14)25-17-11-23(12-17)19(24)21-15-5-3-2-4-6-15/h7-10,15,17H,2-6,11-12H2,1H3,(H,21,24). The smallest absolute Gasteiger partial charge is 0.317 e. The van der Waals surface area contributed by atoms with Crippen LogP contribution in [0.25, 0.3) is 11.5 Å². The van der Waals surface area contributed by atoms with Crippen LogP contribution in [0.15, 0.2) is 28.8 Å². The molecule has 1 aliphatic heterocycles. The molecule has 2 aliphatic rings. The molecule has 7 heteroatoms. The maximum Gasteiger partial charge on any atom is 0.317 e. The summed E-state index contributed by atoms with van der Waals surface area (Å²) in [6.45, 7) is 3.05. The Balaban J connectivity index is 1.24. The number of carbonyl (C=O) groups is 1. The zero-order chi connectivity index (χ0) is 17.9. The predicted molar refractivity (Wildman–Crippen MR) is 95.9 cm³/mol. The minimum absolute atomic E-state index is 0.0406. The van der Waals surface area contributed by atoms with E-state index in [1.807, 2.05) is 29.2 Å². The van der Waals surface area contributed by atoms with E-state index >= 15 is 0 Å². The molecular formula is C19H24N4O3. The number of aryl methyl sites for hydroxylation is 1. The molecule has 0 bridgehead atoms. The third-order valence-electron chi connectivity index (χ3n) is 5.00. The molecule has 0 unspecified atom stereocenters. The molecular weight excluding hydrogens is 332 g/mol. The summed E-state index contributed by atoms with van der Waals surface area (Å²) in [7, 11) is 0. The van der Waals surface area contributed by atoms with Crippen LogP contribution in [0.3, 0.4) is 0 Å². The highest BCUT2D eigenvalue weighted by molar-refractivity contribution is 5.75. The van der Waals surface area contributed by atoms with Gasteiger partial charge in [0, 0.05) is 11.6 Å². The maximum absolute atomic E-state index is 12.2. The van der Waals surface area contributed by atoms with Gasteiger partial charge in [-0.2, -0.15) is 4.98 Å². The summed E-state index contributed by atoms with van der Waals surface area (Å²) in [6.07, 6.45) is 5.97. The van der Waals surface area contributed by atoms with Crippen molar-refractivity contribution in [1.29, 1.82) is 0 Å². The van der Waals surface area contributed by atoms with Crippen molar-refractivity contribution in [2.75, 3.05) is 13.1 Å². The molecule has 2 amide bonds. The molecule has 2 aromatic rings. The second-order valence-corrected chi connectivity index (χ2v) is 7.10. The number of hydrogen-bond acceptors (Lipinski definition) is 5. The molecule has 1 saturated heterocycles. The number of hydrogen-bond donors (Lipinski definition) is 1. The first-order chi connectivity index (χ1) is 12.7. The monoisotopic (exact) mass is 356 g/mol. The van der Waals surface area contributed by atoms with Crippen LogP contribution in [-0.4, -0.2) is 46.3 Å². The zero-order valence-electron chi connectivity index (χ0n) is 15.0. The first kappa shape index (κ1) is 16.9. The van der Waals surface area contributed by atoms with Crippen LogP contribution < -0.4 is 10.1 Å². The van der Waals surface area contributed by atoms with Gasteiger partial charge in [-0.05, 0) is 44.0 Å². The van der Waals surface area contributed by atoms with Crippen molar-refractivity contribution in [2.24, 2.45) is 0 Å². The second-order valence-electron chi connectivity index (χ2n) is 7.10. The third kappa shape index (κ3) is 3.81. The van der Waals surface area contributed by atoms with E-state index in [0.717, 1.165) is 24.2 Å². The van der Waals surface area contributed by atoms with E-state index in [9.17, 15) is 4.79 Å². The average Bonchev–Trinajstić information content (AvgIpc) is 3.05. The number of aromatic nitrogens is 2. The molecule has 138 valence electrons. The number of nitrogens with zero attached hydrogens (tertiary/aromatic N) is 3. The van der Waals surface area contributed by atoms with E-state index in [2.05, 4.69) is 15.5 Å². The first-order valence-electron chi connectivity index (χ1n) is 9.30. The van der Waals surface area contributed by atoms with E-state index in [-0.39, 0.29) is 12.1 Å². The summed E-state index contributed by atoms with van der Waals surface area (Å²) in [4.78, 5) is 18.3. The summed E-state index contributed by atoms with van der Waals surface area (Å²) >= 11 is 0. The number of ether oxygens (including phenoxy) is 1. The van der Waals surface area contributed by atoms with Gasteiger partial charge in [0.05, 0.1) is 13.1 Å². The van der Waals surface area contributed by atoms with Gasteiger partial charge in [-0.25, -0.2) is 4.79 Å². The summed E-state index contributed by atoms with van der Waals surface area (Å²) in [5.41, 5.74) is 0.861. The Morgan fingerprint density at radius 1 is 1.19 bits per heavy atom. The maximum atomic E-state index is 12.2. The van der Waals surface area contributed by atoms with Crippen LogP contribution in [0.5, 0.6) is 5.75 Å². The molecule has 2 heterocycles. The number of amides is 2. The molecule has 1 N–H and O–H groups in total. The Labute approximate surface area is 152 Å². The number of nitrogens with one attached hydrogen (secondary N) is 1. The molecule has 7 nitrogen and oxygen atoms in total. The first-order valence-corrected chi connectivity index (χ1v) is 9.30. The fourth-order valence-electron chi connectivity index (χ4n) is 3.47. The van der Waals surface area contributed by atoms with Gasteiger partial charge in [0.1, 0.15) is 11.9 Å². The van der Waals surface area contributed by atoms with Crippen LogP contribution in [0.2, 0.25) is 0 Å². The van der Waals surface area contributed by atoms with Crippen LogP contribution >= 0.6 is 0 Å². The number of benzene rings is 1. The van der Waals surface area contributed by atoms with Gasteiger partial charge in [0.25, 0.3) is 5.89 Å². The van der Waals surface area contributed by atoms with Crippen molar-refractivity contribution < 1.29 is 14.1 Å². The van der Waals surface area contributed by atoms with Crippen LogP contribution in [0, 0.1) is 6.92 Å². The van der Waals surface area contributed by atoms with E-state index in [1.165, 1.54) is 19.3 Å². The number of rotatable bonds is 4. The van der Waals surface area contributed by atoms with Gasteiger partial charge in [0.2, 0.25) is 0 Å². The van der Waals surface area contributed by atoms with Gasteiger partial charge in [-0.15, -0.1) is 0 Å². The molecule has 0 spiro atoms. The minimum atomic E-state index is 0.0406. The lowest BCUT2D eigenvalue weighted by atomic mass is 9.95. The molecule has 0 radical (unpaired) electrons. The van der Waals surface area contributed by atoms with Gasteiger partial charge in [-0.3, -0.25) is 0 Å². The Morgan fingerprint density at radius 2 is 1.92 bits per heavy atom. The highest BCUT2D eigenvalue weighted by Gasteiger charge is 2.33. The van der Waals surface area contributed by atoms with E-state index in [0.29, 0.717) is 30.8 Å². The zero-order valence-corrected chi connectivity index (χ0v) is 15.0. The van der Waals surface area contributed by atoms with E-state index in [4.69, 9.17) is 9.26 Å². The number of urea groups is 1. The third-order valence-corrected chi connectivity index (χ3v) is 5.00. The Hall–Kier alpha value is -2.57. The predicted octanol–water partition coefficient (Wildman–Crippen LogP) is 3.15. The minimum Gasteiger partial charge on any atom is -0.487 e. The van der Waals surface area contributed by atoms with Gasteiger partial charge >= 0.3 is 6.03 Å². The van der Waals surface area contributed by atoms with Crippen LogP contribution in [0.4, 0.5) is 4.79 Å². The molecule has 4 rings (SSSR count). The highest BCUT2D eigenvalue weighted by atomic mass is 16.5. The SMILES string of the molecule is Cc1noc(-c2ccc(OC3CN(C(=O)NC4CCCCC4)C3)cc2)n1.